The molecule has 0 unspecified atom stereocenters. The summed E-state index contributed by atoms with van der Waals surface area (Å²) in [4.78, 5) is 12.0. The lowest BCUT2D eigenvalue weighted by Crippen LogP contribution is -2.34. The molecule has 0 aliphatic carbocycles. The van der Waals surface area contributed by atoms with Gasteiger partial charge in [-0.2, -0.15) is 0 Å². The number of rotatable bonds is 3. The molecule has 1 N–H and O–H groups in total. The van der Waals surface area contributed by atoms with Gasteiger partial charge in [-0.05, 0) is 62.9 Å². The predicted octanol–water partition coefficient (Wildman–Crippen LogP) is 5.22. The topological polar surface area (TPSA) is 43.3 Å². The van der Waals surface area contributed by atoms with Gasteiger partial charge in [0.25, 0.3) is 0 Å². The van der Waals surface area contributed by atoms with Crippen LogP contribution in [0.2, 0.25) is 0 Å². The number of amides is 1. The Labute approximate surface area is 148 Å². The van der Waals surface area contributed by atoms with Crippen molar-refractivity contribution in [2.75, 3.05) is 0 Å². The van der Waals surface area contributed by atoms with Gasteiger partial charge in [-0.3, -0.25) is 0 Å². The van der Waals surface area contributed by atoms with Crippen LogP contribution in [-0.2, 0) is 4.74 Å². The maximum absolute atomic E-state index is 12.0. The molecule has 1 heterocycles. The summed E-state index contributed by atoms with van der Waals surface area (Å²) in [5.74, 6) is 0. The van der Waals surface area contributed by atoms with Crippen LogP contribution >= 0.6 is 0 Å². The van der Waals surface area contributed by atoms with E-state index >= 15 is 0 Å². The van der Waals surface area contributed by atoms with Gasteiger partial charge in [0.05, 0.1) is 11.6 Å². The summed E-state index contributed by atoms with van der Waals surface area (Å²) in [6, 6.07) is 18.4. The van der Waals surface area contributed by atoms with Crippen molar-refractivity contribution >= 4 is 17.0 Å². The first-order valence-electron chi connectivity index (χ1n) is 8.49. The minimum atomic E-state index is -0.504. The Bertz CT molecular complexity index is 876. The van der Waals surface area contributed by atoms with Crippen LogP contribution in [0.25, 0.3) is 16.6 Å². The molecular weight excluding hydrogens is 312 g/mol. The number of fused-ring (bicyclic) bond motifs is 1. The predicted molar refractivity (Wildman–Crippen MR) is 101 cm³/mol. The molecule has 4 nitrogen and oxygen atoms in total. The minimum absolute atomic E-state index is 0.140. The molecule has 25 heavy (non-hydrogen) atoms. The third-order valence-corrected chi connectivity index (χ3v) is 3.98. The van der Waals surface area contributed by atoms with Gasteiger partial charge in [-0.25, -0.2) is 4.79 Å². The van der Waals surface area contributed by atoms with Crippen molar-refractivity contribution in [3.05, 3.63) is 66.4 Å². The average molecular weight is 336 g/mol. The average Bonchev–Trinajstić information content (AvgIpc) is 2.96. The summed E-state index contributed by atoms with van der Waals surface area (Å²) < 4.78 is 7.49. The van der Waals surface area contributed by atoms with E-state index in [4.69, 9.17) is 4.74 Å². The highest BCUT2D eigenvalue weighted by molar-refractivity contribution is 5.83. The molecule has 2 aromatic carbocycles. The summed E-state index contributed by atoms with van der Waals surface area (Å²) in [7, 11) is 0. The first-order valence-corrected chi connectivity index (χ1v) is 8.49. The fourth-order valence-corrected chi connectivity index (χ4v) is 2.80. The number of nitrogens with zero attached hydrogens (tertiary/aromatic N) is 1. The number of carbonyl (C=O) groups excluding carboxylic acids is 1. The summed E-state index contributed by atoms with van der Waals surface area (Å²) in [6.45, 7) is 7.53. The van der Waals surface area contributed by atoms with Gasteiger partial charge in [-0.1, -0.05) is 30.3 Å². The van der Waals surface area contributed by atoms with Crippen molar-refractivity contribution in [2.24, 2.45) is 0 Å². The van der Waals surface area contributed by atoms with Crippen LogP contribution in [-0.4, -0.2) is 16.3 Å². The Morgan fingerprint density at radius 1 is 1.08 bits per heavy atom. The van der Waals surface area contributed by atoms with Gasteiger partial charge in [0.15, 0.2) is 0 Å². The maximum atomic E-state index is 12.0. The van der Waals surface area contributed by atoms with Crippen molar-refractivity contribution < 1.29 is 9.53 Å². The normalized spacial score (nSPS) is 12.8. The Hall–Kier alpha value is -2.75. The van der Waals surface area contributed by atoms with Crippen molar-refractivity contribution in [1.82, 2.24) is 9.88 Å². The molecule has 0 radical (unpaired) electrons. The lowest BCUT2D eigenvalue weighted by atomic mass is 10.1. The molecule has 0 aliphatic rings. The Morgan fingerprint density at radius 3 is 2.48 bits per heavy atom. The van der Waals surface area contributed by atoms with Gasteiger partial charge in [0.1, 0.15) is 5.60 Å². The zero-order chi connectivity index (χ0) is 18.0. The van der Waals surface area contributed by atoms with E-state index in [-0.39, 0.29) is 6.04 Å². The molecule has 0 aliphatic heterocycles. The van der Waals surface area contributed by atoms with Gasteiger partial charge in [0.2, 0.25) is 0 Å². The fraction of sp³-hybridized carbons (Fsp3) is 0.286. The van der Waals surface area contributed by atoms with Gasteiger partial charge in [-0.15, -0.1) is 0 Å². The molecule has 0 bridgehead atoms. The number of alkyl carbamates (subject to hydrolysis) is 1. The second-order valence-corrected chi connectivity index (χ2v) is 7.21. The molecule has 0 saturated heterocycles. The zero-order valence-corrected chi connectivity index (χ0v) is 15.1. The summed E-state index contributed by atoms with van der Waals surface area (Å²) >= 11 is 0. The molecule has 3 rings (SSSR count). The molecule has 130 valence electrons. The van der Waals surface area contributed by atoms with Crippen LogP contribution < -0.4 is 5.32 Å². The van der Waals surface area contributed by atoms with E-state index in [1.165, 1.54) is 0 Å². The zero-order valence-electron chi connectivity index (χ0n) is 15.1. The van der Waals surface area contributed by atoms with E-state index < -0.39 is 11.7 Å². The maximum Gasteiger partial charge on any atom is 0.408 e. The number of aromatic nitrogens is 1. The summed E-state index contributed by atoms with van der Waals surface area (Å²) in [5, 5.41) is 4.06. The van der Waals surface area contributed by atoms with Gasteiger partial charge >= 0.3 is 6.09 Å². The lowest BCUT2D eigenvalue weighted by Gasteiger charge is -2.22. The largest absolute Gasteiger partial charge is 0.444 e. The van der Waals surface area contributed by atoms with Crippen LogP contribution in [0.4, 0.5) is 4.79 Å². The van der Waals surface area contributed by atoms with E-state index in [2.05, 4.69) is 46.4 Å². The molecule has 4 heteroatoms. The first kappa shape index (κ1) is 17.1. The van der Waals surface area contributed by atoms with Crippen LogP contribution in [0.5, 0.6) is 0 Å². The Kier molecular flexibility index (Phi) is 4.53. The number of hydrogen-bond acceptors (Lipinski definition) is 2. The third-order valence-electron chi connectivity index (χ3n) is 3.98. The van der Waals surface area contributed by atoms with Crippen LogP contribution in [0, 0.1) is 0 Å². The molecule has 1 aromatic heterocycles. The Balaban J connectivity index is 1.87. The van der Waals surface area contributed by atoms with Crippen molar-refractivity contribution in [1.29, 1.82) is 0 Å². The second kappa shape index (κ2) is 6.63. The smallest absolute Gasteiger partial charge is 0.408 e. The van der Waals surface area contributed by atoms with E-state index in [0.29, 0.717) is 0 Å². The van der Waals surface area contributed by atoms with Crippen LogP contribution in [0.1, 0.15) is 39.3 Å². The highest BCUT2D eigenvalue weighted by atomic mass is 16.6. The molecule has 3 aromatic rings. The van der Waals surface area contributed by atoms with E-state index in [1.807, 2.05) is 52.0 Å². The highest BCUT2D eigenvalue weighted by Crippen LogP contribution is 2.24. The van der Waals surface area contributed by atoms with Crippen LogP contribution in [0.3, 0.4) is 0 Å². The van der Waals surface area contributed by atoms with Crippen molar-refractivity contribution in [2.45, 2.75) is 39.3 Å². The first-order chi connectivity index (χ1) is 11.8. The van der Waals surface area contributed by atoms with E-state index in [9.17, 15) is 4.79 Å². The lowest BCUT2D eigenvalue weighted by molar-refractivity contribution is 0.0508. The third kappa shape index (κ3) is 4.02. The monoisotopic (exact) mass is 336 g/mol. The SMILES string of the molecule is C[C@@H](NC(=O)OC(C)(C)C)c1ccc2ccn(-c3ccccc3)c2c1. The molecular formula is C21H24N2O2. The number of ether oxygens (including phenoxy) is 1. The number of carbonyl (C=O) groups is 1. The van der Waals surface area contributed by atoms with Crippen molar-refractivity contribution in [3.8, 4) is 5.69 Å². The fourth-order valence-electron chi connectivity index (χ4n) is 2.80. The van der Waals surface area contributed by atoms with Crippen LogP contribution in [0.15, 0.2) is 60.8 Å². The minimum Gasteiger partial charge on any atom is -0.444 e. The number of nitrogens with one attached hydrogen (secondary N) is 1. The second-order valence-electron chi connectivity index (χ2n) is 7.21. The summed E-state index contributed by atoms with van der Waals surface area (Å²) in [6.07, 6.45) is 1.66. The number of para-hydroxylation sites is 1. The number of hydrogen-bond donors (Lipinski definition) is 1. The van der Waals surface area contributed by atoms with E-state index in [0.717, 1.165) is 22.2 Å². The van der Waals surface area contributed by atoms with Gasteiger partial charge in [0, 0.05) is 11.9 Å². The van der Waals surface area contributed by atoms with Crippen molar-refractivity contribution in [3.63, 3.8) is 0 Å². The number of benzene rings is 2. The van der Waals surface area contributed by atoms with Gasteiger partial charge < -0.3 is 14.6 Å². The molecule has 0 fully saturated rings. The highest BCUT2D eigenvalue weighted by Gasteiger charge is 2.18. The quantitative estimate of drug-likeness (QED) is 0.713. The standard InChI is InChI=1S/C21H24N2O2/c1-15(22-20(24)25-21(2,3)4)17-11-10-16-12-13-23(19(16)14-17)18-8-6-5-7-9-18/h5-15H,1-4H3,(H,22,24)/t15-/m1/s1. The molecule has 1 amide bonds. The van der Waals surface area contributed by atoms with E-state index in [1.54, 1.807) is 0 Å². The summed E-state index contributed by atoms with van der Waals surface area (Å²) in [5.41, 5.74) is 2.76. The molecule has 0 spiro atoms. The molecule has 0 saturated carbocycles. The Morgan fingerprint density at radius 2 is 1.80 bits per heavy atom. The molecule has 1 atom stereocenters.